The van der Waals surface area contributed by atoms with Crippen molar-refractivity contribution in [2.45, 2.75) is 6.92 Å². The normalized spacial score (nSPS) is 10.3. The molecule has 2 aromatic carbocycles. The predicted octanol–water partition coefficient (Wildman–Crippen LogP) is 3.77. The molecular formula is C18H17N3O2. The fourth-order valence-electron chi connectivity index (χ4n) is 2.13. The van der Waals surface area contributed by atoms with E-state index in [9.17, 15) is 4.79 Å². The van der Waals surface area contributed by atoms with Gasteiger partial charge in [-0.25, -0.2) is 0 Å². The Labute approximate surface area is 134 Å². The van der Waals surface area contributed by atoms with Crippen LogP contribution < -0.4 is 10.1 Å². The second kappa shape index (κ2) is 6.36. The first-order valence-corrected chi connectivity index (χ1v) is 7.25. The van der Waals surface area contributed by atoms with E-state index in [-0.39, 0.29) is 5.91 Å². The maximum atomic E-state index is 12.3. The van der Waals surface area contributed by atoms with Crippen LogP contribution in [-0.4, -0.2) is 15.7 Å². The van der Waals surface area contributed by atoms with E-state index in [0.717, 1.165) is 11.3 Å². The van der Waals surface area contributed by atoms with Crippen LogP contribution in [0.4, 0.5) is 5.69 Å². The van der Waals surface area contributed by atoms with E-state index in [1.807, 2.05) is 49.4 Å². The first kappa shape index (κ1) is 14.8. The highest BCUT2D eigenvalue weighted by Crippen LogP contribution is 2.29. The van der Waals surface area contributed by atoms with E-state index in [1.54, 1.807) is 24.0 Å². The first-order chi connectivity index (χ1) is 11.1. The van der Waals surface area contributed by atoms with Gasteiger partial charge in [-0.1, -0.05) is 29.8 Å². The summed E-state index contributed by atoms with van der Waals surface area (Å²) in [5, 5.41) is 6.86. The van der Waals surface area contributed by atoms with Crippen molar-refractivity contribution < 1.29 is 9.53 Å². The maximum absolute atomic E-state index is 12.3. The van der Waals surface area contributed by atoms with Gasteiger partial charge in [0.2, 0.25) is 0 Å². The number of carbonyl (C=O) groups is 1. The van der Waals surface area contributed by atoms with Crippen molar-refractivity contribution in [3.8, 4) is 11.5 Å². The number of benzene rings is 2. The summed E-state index contributed by atoms with van der Waals surface area (Å²) < 4.78 is 7.46. The summed E-state index contributed by atoms with van der Waals surface area (Å²) in [6.07, 6.45) is 3.19. The molecule has 23 heavy (non-hydrogen) atoms. The van der Waals surface area contributed by atoms with Crippen LogP contribution in [0.1, 0.15) is 15.9 Å². The molecule has 0 bridgehead atoms. The number of carbonyl (C=O) groups excluding carboxylic acids is 1. The molecule has 0 atom stereocenters. The van der Waals surface area contributed by atoms with Crippen LogP contribution >= 0.6 is 0 Å². The van der Waals surface area contributed by atoms with Crippen LogP contribution in [0.5, 0.6) is 11.5 Å². The van der Waals surface area contributed by atoms with E-state index >= 15 is 0 Å². The number of anilines is 1. The van der Waals surface area contributed by atoms with Gasteiger partial charge >= 0.3 is 0 Å². The summed E-state index contributed by atoms with van der Waals surface area (Å²) in [7, 11) is 1.77. The molecule has 0 saturated carbocycles. The third-order valence-electron chi connectivity index (χ3n) is 3.35. The van der Waals surface area contributed by atoms with Crippen molar-refractivity contribution in [3.05, 3.63) is 72.1 Å². The highest BCUT2D eigenvalue weighted by Gasteiger charge is 2.11. The van der Waals surface area contributed by atoms with Crippen LogP contribution in [0.25, 0.3) is 0 Å². The van der Waals surface area contributed by atoms with Crippen molar-refractivity contribution in [3.63, 3.8) is 0 Å². The van der Waals surface area contributed by atoms with Crippen molar-refractivity contribution in [2.24, 2.45) is 7.05 Å². The number of hydrogen-bond acceptors (Lipinski definition) is 3. The second-order valence-corrected chi connectivity index (χ2v) is 5.27. The lowest BCUT2D eigenvalue weighted by molar-refractivity contribution is 0.102. The number of rotatable bonds is 4. The second-order valence-electron chi connectivity index (χ2n) is 5.27. The molecule has 116 valence electrons. The van der Waals surface area contributed by atoms with Gasteiger partial charge in [0.1, 0.15) is 5.75 Å². The standard InChI is InChI=1S/C18H17N3O2/c1-13-7-9-15(10-8-13)23-17-6-4-3-5-16(17)20-18(22)14-11-19-21(2)12-14/h3-12H,1-2H3,(H,20,22). The lowest BCUT2D eigenvalue weighted by Gasteiger charge is -2.12. The topological polar surface area (TPSA) is 56.1 Å². The number of amides is 1. The zero-order valence-electron chi connectivity index (χ0n) is 13.0. The van der Waals surface area contributed by atoms with Crippen LogP contribution in [0.15, 0.2) is 60.9 Å². The van der Waals surface area contributed by atoms with Gasteiger partial charge in [-0.15, -0.1) is 0 Å². The quantitative estimate of drug-likeness (QED) is 0.798. The van der Waals surface area contributed by atoms with Crippen molar-refractivity contribution in [1.29, 1.82) is 0 Å². The van der Waals surface area contributed by atoms with E-state index in [2.05, 4.69) is 10.4 Å². The molecule has 1 amide bonds. The number of hydrogen-bond donors (Lipinski definition) is 1. The Morgan fingerprint density at radius 1 is 1.13 bits per heavy atom. The molecule has 0 aliphatic rings. The molecule has 0 fully saturated rings. The Balaban J connectivity index is 1.80. The van der Waals surface area contributed by atoms with E-state index in [0.29, 0.717) is 17.0 Å². The van der Waals surface area contributed by atoms with Gasteiger partial charge in [-0.05, 0) is 31.2 Å². The minimum absolute atomic E-state index is 0.224. The Kier molecular flexibility index (Phi) is 4.10. The molecule has 0 aliphatic carbocycles. The molecular weight excluding hydrogens is 290 g/mol. The van der Waals surface area contributed by atoms with Gasteiger partial charge in [0.15, 0.2) is 5.75 Å². The summed E-state index contributed by atoms with van der Waals surface area (Å²) in [4.78, 5) is 12.3. The molecule has 0 aliphatic heterocycles. The fourth-order valence-corrected chi connectivity index (χ4v) is 2.13. The van der Waals surface area contributed by atoms with Gasteiger partial charge in [0, 0.05) is 13.2 Å². The predicted molar refractivity (Wildman–Crippen MR) is 88.9 cm³/mol. The Morgan fingerprint density at radius 2 is 1.87 bits per heavy atom. The SMILES string of the molecule is Cc1ccc(Oc2ccccc2NC(=O)c2cnn(C)c2)cc1. The van der Waals surface area contributed by atoms with E-state index in [1.165, 1.54) is 6.20 Å². The molecule has 1 aromatic heterocycles. The minimum Gasteiger partial charge on any atom is -0.455 e. The Hall–Kier alpha value is -3.08. The molecule has 5 nitrogen and oxygen atoms in total. The molecule has 3 aromatic rings. The van der Waals surface area contributed by atoms with Gasteiger partial charge in [-0.2, -0.15) is 5.10 Å². The zero-order valence-corrected chi connectivity index (χ0v) is 13.0. The average Bonchev–Trinajstić information content (AvgIpc) is 2.98. The van der Waals surface area contributed by atoms with Gasteiger partial charge < -0.3 is 10.1 Å². The van der Waals surface area contributed by atoms with Crippen LogP contribution in [0.2, 0.25) is 0 Å². The summed E-state index contributed by atoms with van der Waals surface area (Å²) in [6.45, 7) is 2.02. The molecule has 0 spiro atoms. The van der Waals surface area contributed by atoms with Crippen molar-refractivity contribution in [2.75, 3.05) is 5.32 Å². The smallest absolute Gasteiger partial charge is 0.258 e. The Bertz CT molecular complexity index is 822. The maximum Gasteiger partial charge on any atom is 0.258 e. The summed E-state index contributed by atoms with van der Waals surface area (Å²) in [5.41, 5.74) is 2.27. The molecule has 0 saturated heterocycles. The summed E-state index contributed by atoms with van der Waals surface area (Å²) in [5.74, 6) is 1.09. The highest BCUT2D eigenvalue weighted by atomic mass is 16.5. The monoisotopic (exact) mass is 307 g/mol. The van der Waals surface area contributed by atoms with Gasteiger partial charge in [-0.3, -0.25) is 9.48 Å². The molecule has 3 rings (SSSR count). The average molecular weight is 307 g/mol. The molecule has 0 unspecified atom stereocenters. The van der Waals surface area contributed by atoms with E-state index < -0.39 is 0 Å². The van der Waals surface area contributed by atoms with Gasteiger partial charge in [0.05, 0.1) is 17.4 Å². The fraction of sp³-hybridized carbons (Fsp3) is 0.111. The molecule has 1 heterocycles. The lowest BCUT2D eigenvalue weighted by Crippen LogP contribution is -2.11. The van der Waals surface area contributed by atoms with Crippen LogP contribution in [-0.2, 0) is 7.05 Å². The number of para-hydroxylation sites is 2. The molecule has 0 radical (unpaired) electrons. The zero-order chi connectivity index (χ0) is 16.2. The third kappa shape index (κ3) is 3.58. The van der Waals surface area contributed by atoms with E-state index in [4.69, 9.17) is 4.74 Å². The summed E-state index contributed by atoms with van der Waals surface area (Å²) >= 11 is 0. The number of ether oxygens (including phenoxy) is 1. The van der Waals surface area contributed by atoms with Gasteiger partial charge in [0.25, 0.3) is 5.91 Å². The molecule has 5 heteroatoms. The largest absolute Gasteiger partial charge is 0.455 e. The van der Waals surface area contributed by atoms with Crippen LogP contribution in [0, 0.1) is 6.92 Å². The Morgan fingerprint density at radius 3 is 2.57 bits per heavy atom. The van der Waals surface area contributed by atoms with Crippen molar-refractivity contribution >= 4 is 11.6 Å². The minimum atomic E-state index is -0.224. The number of aromatic nitrogens is 2. The lowest BCUT2D eigenvalue weighted by atomic mass is 10.2. The van der Waals surface area contributed by atoms with Crippen molar-refractivity contribution in [1.82, 2.24) is 9.78 Å². The third-order valence-corrected chi connectivity index (χ3v) is 3.35. The summed E-state index contributed by atoms with van der Waals surface area (Å²) in [6, 6.07) is 15.1. The first-order valence-electron chi connectivity index (χ1n) is 7.25. The molecule has 1 N–H and O–H groups in total. The highest BCUT2D eigenvalue weighted by molar-refractivity contribution is 6.04. The number of nitrogens with one attached hydrogen (secondary N) is 1. The number of nitrogens with zero attached hydrogens (tertiary/aromatic N) is 2. The van der Waals surface area contributed by atoms with Crippen LogP contribution in [0.3, 0.4) is 0 Å². The number of aryl methyl sites for hydroxylation is 2.